The number of primary amides is 1. The zero-order valence-corrected chi connectivity index (χ0v) is 17.8. The van der Waals surface area contributed by atoms with E-state index < -0.39 is 29.9 Å². The summed E-state index contributed by atoms with van der Waals surface area (Å²) in [6.07, 6.45) is 0.911. The Kier molecular flexibility index (Phi) is 8.09. The lowest BCUT2D eigenvalue weighted by atomic mass is 9.56. The van der Waals surface area contributed by atoms with Crippen molar-refractivity contribution in [2.75, 3.05) is 0 Å². The summed E-state index contributed by atoms with van der Waals surface area (Å²) in [6, 6.07) is 0. The van der Waals surface area contributed by atoms with Crippen LogP contribution in [0, 0.1) is 34.5 Å². The van der Waals surface area contributed by atoms with Gasteiger partial charge >= 0.3 is 7.60 Å². The van der Waals surface area contributed by atoms with Crippen molar-refractivity contribution in [1.29, 1.82) is 0 Å². The first-order chi connectivity index (χ1) is 10.9. The van der Waals surface area contributed by atoms with Crippen molar-refractivity contribution in [3.05, 3.63) is 0 Å². The molecule has 1 amide bonds. The monoisotopic (exact) mass is 377 g/mol. The van der Waals surface area contributed by atoms with Gasteiger partial charge in [0, 0.05) is 11.8 Å². The van der Waals surface area contributed by atoms with Gasteiger partial charge in [-0.3, -0.25) is 14.2 Å². The van der Waals surface area contributed by atoms with Gasteiger partial charge in [-0.05, 0) is 35.5 Å². The van der Waals surface area contributed by atoms with Gasteiger partial charge in [0.15, 0.2) is 0 Å². The molecule has 0 bridgehead atoms. The molecule has 0 fully saturated rings. The van der Waals surface area contributed by atoms with Crippen LogP contribution in [0.1, 0.15) is 68.2 Å². The first kappa shape index (κ1) is 24.3. The van der Waals surface area contributed by atoms with Crippen LogP contribution in [0.4, 0.5) is 0 Å². The van der Waals surface area contributed by atoms with Crippen molar-refractivity contribution < 1.29 is 23.9 Å². The molecule has 0 aromatic rings. The number of carbonyl (C=O) groups is 2. The summed E-state index contributed by atoms with van der Waals surface area (Å²) in [5, 5.41) is 0. The number of nitrogens with two attached hydrogens (primary N) is 1. The van der Waals surface area contributed by atoms with Crippen LogP contribution in [-0.4, -0.2) is 21.2 Å². The van der Waals surface area contributed by atoms with Crippen LogP contribution in [-0.2, 0) is 14.2 Å². The van der Waals surface area contributed by atoms with E-state index >= 15 is 0 Å². The molecule has 0 saturated carbocycles. The smallest absolute Gasteiger partial charge is 0.369 e. The average Bonchev–Trinajstić information content (AvgIpc) is 2.39. The maximum absolute atomic E-state index is 12.2. The van der Waals surface area contributed by atoms with Crippen molar-refractivity contribution in [1.82, 2.24) is 0 Å². The maximum atomic E-state index is 12.2. The highest BCUT2D eigenvalue weighted by Gasteiger charge is 2.48. The number of hydrogen-bond donors (Lipinski definition) is 3. The Labute approximate surface area is 152 Å². The Morgan fingerprint density at radius 1 is 1.04 bits per heavy atom. The quantitative estimate of drug-likeness (QED) is 0.503. The van der Waals surface area contributed by atoms with Gasteiger partial charge in [0.25, 0.3) is 0 Å². The van der Waals surface area contributed by atoms with E-state index in [1.165, 1.54) is 0 Å². The summed E-state index contributed by atoms with van der Waals surface area (Å²) in [5.41, 5.74) is 3.57. The molecule has 2 atom stereocenters. The van der Waals surface area contributed by atoms with E-state index in [0.717, 1.165) is 0 Å². The van der Waals surface area contributed by atoms with E-state index in [4.69, 9.17) is 5.73 Å². The lowest BCUT2D eigenvalue weighted by Crippen LogP contribution is -2.47. The summed E-state index contributed by atoms with van der Waals surface area (Å²) in [6.45, 7) is 15.4. The first-order valence-corrected chi connectivity index (χ1v) is 10.5. The molecular weight excluding hydrogens is 341 g/mol. The molecule has 2 unspecified atom stereocenters. The molecule has 0 aromatic heterocycles. The third kappa shape index (κ3) is 6.19. The van der Waals surface area contributed by atoms with Gasteiger partial charge in [-0.25, -0.2) is 0 Å². The number of rotatable bonds is 10. The van der Waals surface area contributed by atoms with Gasteiger partial charge in [0.05, 0.1) is 0 Å². The third-order valence-electron chi connectivity index (χ3n) is 5.81. The lowest BCUT2D eigenvalue weighted by Gasteiger charge is -2.48. The molecule has 0 spiro atoms. The third-order valence-corrected chi connectivity index (χ3v) is 6.71. The summed E-state index contributed by atoms with van der Waals surface area (Å²) in [7, 11) is -4.80. The molecule has 0 aliphatic heterocycles. The average molecular weight is 377 g/mol. The van der Waals surface area contributed by atoms with E-state index in [1.54, 1.807) is 13.8 Å². The molecule has 0 rings (SSSR count). The lowest BCUT2D eigenvalue weighted by molar-refractivity contribution is -0.131. The summed E-state index contributed by atoms with van der Waals surface area (Å²) in [5.74, 6) is -1.48. The minimum atomic E-state index is -4.80. The normalized spacial score (nSPS) is 16.2. The molecule has 25 heavy (non-hydrogen) atoms. The first-order valence-electron chi connectivity index (χ1n) is 8.84. The van der Waals surface area contributed by atoms with Gasteiger partial charge in [0.1, 0.15) is 0 Å². The van der Waals surface area contributed by atoms with Crippen LogP contribution in [0.2, 0.25) is 0 Å². The highest BCUT2D eigenvalue weighted by Crippen LogP contribution is 2.53. The van der Waals surface area contributed by atoms with Gasteiger partial charge in [-0.1, -0.05) is 55.4 Å². The predicted molar refractivity (Wildman–Crippen MR) is 99.7 cm³/mol. The highest BCUT2D eigenvalue weighted by molar-refractivity contribution is 7.70. The second kappa shape index (κ2) is 8.32. The van der Waals surface area contributed by atoms with Crippen molar-refractivity contribution in [2.24, 2.45) is 40.2 Å². The minimum Gasteiger partial charge on any atom is -0.369 e. The van der Waals surface area contributed by atoms with Gasteiger partial charge in [-0.15, -0.1) is 0 Å². The van der Waals surface area contributed by atoms with E-state index in [-0.39, 0.29) is 30.1 Å². The maximum Gasteiger partial charge on any atom is 0.391 e. The molecule has 6 nitrogen and oxygen atoms in total. The predicted octanol–water partition coefficient (Wildman–Crippen LogP) is 3.55. The Bertz CT molecular complexity index is 534. The molecule has 0 aromatic carbocycles. The number of amides is 1. The van der Waals surface area contributed by atoms with Crippen LogP contribution in [0.25, 0.3) is 0 Å². The SMILES string of the molecule is CC(C)CC(C(N)=O)C(C)(C)C(C)(C)CC(C(=O)P(=O)(O)O)C(C)C. The summed E-state index contributed by atoms with van der Waals surface area (Å²) >= 11 is 0. The van der Waals surface area contributed by atoms with E-state index in [9.17, 15) is 23.9 Å². The highest BCUT2D eigenvalue weighted by atomic mass is 31.2. The van der Waals surface area contributed by atoms with Crippen molar-refractivity contribution >= 4 is 19.0 Å². The van der Waals surface area contributed by atoms with Gasteiger partial charge in [0.2, 0.25) is 11.4 Å². The number of carbonyl (C=O) groups excluding carboxylic acids is 2. The molecule has 7 heteroatoms. The Morgan fingerprint density at radius 3 is 1.76 bits per heavy atom. The van der Waals surface area contributed by atoms with Crippen LogP contribution < -0.4 is 5.73 Å². The molecule has 0 radical (unpaired) electrons. The zero-order valence-electron chi connectivity index (χ0n) is 16.9. The Balaban J connectivity index is 5.79. The number of hydrogen-bond acceptors (Lipinski definition) is 3. The molecule has 148 valence electrons. The molecule has 4 N–H and O–H groups in total. The van der Waals surface area contributed by atoms with Crippen molar-refractivity contribution in [3.8, 4) is 0 Å². The van der Waals surface area contributed by atoms with Crippen LogP contribution >= 0.6 is 7.60 Å². The van der Waals surface area contributed by atoms with Gasteiger partial charge in [-0.2, -0.15) is 0 Å². The van der Waals surface area contributed by atoms with Crippen LogP contribution in [0.3, 0.4) is 0 Å². The summed E-state index contributed by atoms with van der Waals surface area (Å²) < 4.78 is 11.5. The van der Waals surface area contributed by atoms with E-state index in [2.05, 4.69) is 0 Å². The molecular formula is C18H36NO5P. The fraction of sp³-hybridized carbons (Fsp3) is 0.889. The summed E-state index contributed by atoms with van der Waals surface area (Å²) in [4.78, 5) is 42.9. The van der Waals surface area contributed by atoms with Gasteiger partial charge < -0.3 is 15.5 Å². The fourth-order valence-corrected chi connectivity index (χ4v) is 4.17. The molecule has 0 saturated heterocycles. The Hall–Kier alpha value is -0.710. The van der Waals surface area contributed by atoms with E-state index in [1.807, 2.05) is 41.5 Å². The van der Waals surface area contributed by atoms with Crippen LogP contribution in [0.15, 0.2) is 0 Å². The van der Waals surface area contributed by atoms with Crippen molar-refractivity contribution in [3.63, 3.8) is 0 Å². The molecule has 0 aliphatic carbocycles. The standard InChI is InChI=1S/C18H36NO5P/c1-11(2)9-14(15(19)20)18(7,8)17(5,6)10-13(12(3)4)16(21)25(22,23)24/h11-14H,9-10H2,1-8H3,(H2,19,20)(H2,22,23,24). The van der Waals surface area contributed by atoms with Crippen LogP contribution in [0.5, 0.6) is 0 Å². The molecule has 0 aliphatic rings. The second-order valence-corrected chi connectivity index (χ2v) is 10.7. The van der Waals surface area contributed by atoms with E-state index in [0.29, 0.717) is 6.42 Å². The largest absolute Gasteiger partial charge is 0.391 e. The minimum absolute atomic E-state index is 0.215. The zero-order chi connectivity index (χ0) is 20.4. The topological polar surface area (TPSA) is 118 Å². The fourth-order valence-electron chi connectivity index (χ4n) is 3.35. The van der Waals surface area contributed by atoms with Crippen molar-refractivity contribution in [2.45, 2.75) is 68.2 Å². The second-order valence-electron chi connectivity index (χ2n) is 9.13. The Morgan fingerprint density at radius 2 is 1.48 bits per heavy atom. The molecule has 0 heterocycles.